The molecule has 1 aromatic carbocycles. The molecule has 0 amide bonds. The van der Waals surface area contributed by atoms with Crippen LogP contribution in [0.15, 0.2) is 40.0 Å². The largest absolute Gasteiger partial charge is 0.339 e. The third kappa shape index (κ3) is 3.92. The van der Waals surface area contributed by atoms with Crippen LogP contribution in [0.3, 0.4) is 0 Å². The zero-order chi connectivity index (χ0) is 17.1. The van der Waals surface area contributed by atoms with Crippen LogP contribution in [0.1, 0.15) is 55.2 Å². The van der Waals surface area contributed by atoms with E-state index in [4.69, 9.17) is 4.52 Å². The van der Waals surface area contributed by atoms with E-state index < -0.39 is 0 Å². The molecule has 4 rings (SSSR count). The van der Waals surface area contributed by atoms with Crippen LogP contribution >= 0.6 is 11.8 Å². The van der Waals surface area contributed by atoms with Crippen LogP contribution in [-0.4, -0.2) is 24.9 Å². The summed E-state index contributed by atoms with van der Waals surface area (Å²) in [6.07, 6.45) is 4.25. The van der Waals surface area contributed by atoms with E-state index >= 15 is 0 Å². The lowest BCUT2D eigenvalue weighted by Gasteiger charge is -2.09. The monoisotopic (exact) mass is 355 g/mol. The Morgan fingerprint density at radius 1 is 1.20 bits per heavy atom. The summed E-state index contributed by atoms with van der Waals surface area (Å²) < 4.78 is 7.50. The second-order valence-corrected chi connectivity index (χ2v) is 7.27. The maximum Gasteiger partial charge on any atom is 0.226 e. The fraction of sp³-hybridized carbons (Fsp3) is 0.444. The highest BCUT2D eigenvalue weighted by molar-refractivity contribution is 7.98. The maximum atomic E-state index is 5.26. The van der Waals surface area contributed by atoms with Crippen LogP contribution < -0.4 is 0 Å². The highest BCUT2D eigenvalue weighted by Gasteiger charge is 2.30. The number of aryl methyl sites for hydroxylation is 1. The zero-order valence-electron chi connectivity index (χ0n) is 14.3. The third-order valence-electron chi connectivity index (χ3n) is 4.18. The predicted octanol–water partition coefficient (Wildman–Crippen LogP) is 3.83. The van der Waals surface area contributed by atoms with Crippen molar-refractivity contribution in [1.82, 2.24) is 24.9 Å². The molecule has 6 nitrogen and oxygen atoms in total. The summed E-state index contributed by atoms with van der Waals surface area (Å²) in [4.78, 5) is 4.43. The molecular formula is C18H21N5OS. The molecule has 130 valence electrons. The van der Waals surface area contributed by atoms with Gasteiger partial charge in [-0.1, -0.05) is 54.2 Å². The van der Waals surface area contributed by atoms with E-state index in [0.29, 0.717) is 17.6 Å². The highest BCUT2D eigenvalue weighted by atomic mass is 32.2. The van der Waals surface area contributed by atoms with Crippen molar-refractivity contribution in [3.8, 4) is 0 Å². The van der Waals surface area contributed by atoms with Crippen molar-refractivity contribution in [3.63, 3.8) is 0 Å². The number of nitrogens with zero attached hydrogens (tertiary/aromatic N) is 5. The van der Waals surface area contributed by atoms with E-state index in [0.717, 1.165) is 36.2 Å². The molecule has 2 heterocycles. The maximum absolute atomic E-state index is 5.26. The van der Waals surface area contributed by atoms with E-state index in [1.807, 2.05) is 6.07 Å². The fourth-order valence-corrected chi connectivity index (χ4v) is 3.55. The molecule has 2 aromatic heterocycles. The molecule has 1 aliphatic carbocycles. The third-order valence-corrected chi connectivity index (χ3v) is 5.14. The van der Waals surface area contributed by atoms with Gasteiger partial charge in [-0.05, 0) is 24.8 Å². The van der Waals surface area contributed by atoms with Gasteiger partial charge in [0.15, 0.2) is 11.0 Å². The predicted molar refractivity (Wildman–Crippen MR) is 95.4 cm³/mol. The second-order valence-electron chi connectivity index (χ2n) is 6.33. The van der Waals surface area contributed by atoms with Crippen molar-refractivity contribution < 1.29 is 4.52 Å². The quantitative estimate of drug-likeness (QED) is 0.572. The Morgan fingerprint density at radius 3 is 2.80 bits per heavy atom. The summed E-state index contributed by atoms with van der Waals surface area (Å²) in [7, 11) is 0. The Balaban J connectivity index is 1.50. The highest BCUT2D eigenvalue weighted by Crippen LogP contribution is 2.40. The summed E-state index contributed by atoms with van der Waals surface area (Å²) in [5.74, 6) is 3.74. The first kappa shape index (κ1) is 16.3. The number of rotatable bonds is 8. The molecule has 0 unspecified atom stereocenters. The molecule has 7 heteroatoms. The topological polar surface area (TPSA) is 69.6 Å². The first-order valence-electron chi connectivity index (χ1n) is 8.74. The van der Waals surface area contributed by atoms with Gasteiger partial charge >= 0.3 is 0 Å². The van der Waals surface area contributed by atoms with Crippen molar-refractivity contribution in [2.24, 2.45) is 0 Å². The first-order chi connectivity index (χ1) is 12.3. The molecule has 1 aliphatic rings. The van der Waals surface area contributed by atoms with Gasteiger partial charge in [0.1, 0.15) is 5.82 Å². The van der Waals surface area contributed by atoms with Gasteiger partial charge in [0, 0.05) is 12.3 Å². The zero-order valence-corrected chi connectivity index (χ0v) is 15.1. The molecule has 25 heavy (non-hydrogen) atoms. The van der Waals surface area contributed by atoms with Gasteiger partial charge in [-0.15, -0.1) is 10.2 Å². The van der Waals surface area contributed by atoms with Gasteiger partial charge in [-0.25, -0.2) is 0 Å². The van der Waals surface area contributed by atoms with Crippen molar-refractivity contribution in [3.05, 3.63) is 53.4 Å². The molecule has 3 aromatic rings. The molecule has 1 saturated carbocycles. The molecule has 0 aliphatic heterocycles. The van der Waals surface area contributed by atoms with Gasteiger partial charge in [-0.3, -0.25) is 0 Å². The molecule has 0 radical (unpaired) electrons. The lowest BCUT2D eigenvalue weighted by molar-refractivity contribution is 0.373. The van der Waals surface area contributed by atoms with Gasteiger partial charge in [-0.2, -0.15) is 4.98 Å². The summed E-state index contributed by atoms with van der Waals surface area (Å²) >= 11 is 1.62. The van der Waals surface area contributed by atoms with Gasteiger partial charge in [0.2, 0.25) is 5.89 Å². The molecule has 0 bridgehead atoms. The van der Waals surface area contributed by atoms with Crippen LogP contribution in [-0.2, 0) is 18.7 Å². The van der Waals surface area contributed by atoms with Gasteiger partial charge in [0.25, 0.3) is 0 Å². The number of thioether (sulfide) groups is 1. The number of benzene rings is 1. The second kappa shape index (κ2) is 7.39. The average molecular weight is 355 g/mol. The van der Waals surface area contributed by atoms with E-state index in [-0.39, 0.29) is 0 Å². The van der Waals surface area contributed by atoms with Crippen LogP contribution in [0.5, 0.6) is 0 Å². The van der Waals surface area contributed by atoms with Crippen LogP contribution in [0.25, 0.3) is 0 Å². The van der Waals surface area contributed by atoms with Crippen molar-refractivity contribution >= 4 is 11.8 Å². The minimum Gasteiger partial charge on any atom is -0.339 e. The Kier molecular flexibility index (Phi) is 4.83. The SMILES string of the molecule is CCCc1nc(CSc2nnc(C3CC3)n2Cc2ccccc2)no1. The number of aromatic nitrogens is 5. The number of hydrogen-bond donors (Lipinski definition) is 0. The van der Waals surface area contributed by atoms with E-state index in [1.165, 1.54) is 18.4 Å². The summed E-state index contributed by atoms with van der Waals surface area (Å²) in [6.45, 7) is 2.90. The Labute approximate surface area is 151 Å². The molecule has 0 saturated heterocycles. The van der Waals surface area contributed by atoms with E-state index in [2.05, 4.69) is 56.1 Å². The lowest BCUT2D eigenvalue weighted by Crippen LogP contribution is -2.06. The first-order valence-corrected chi connectivity index (χ1v) is 9.73. The van der Waals surface area contributed by atoms with Gasteiger partial charge in [0.05, 0.1) is 12.3 Å². The Hall–Kier alpha value is -2.15. The minimum atomic E-state index is 0.562. The molecule has 0 N–H and O–H groups in total. The average Bonchev–Trinajstić information content (AvgIpc) is 3.25. The molecular weight excluding hydrogens is 334 g/mol. The molecule has 0 spiro atoms. The van der Waals surface area contributed by atoms with Crippen molar-refractivity contribution in [2.75, 3.05) is 0 Å². The number of hydrogen-bond acceptors (Lipinski definition) is 6. The van der Waals surface area contributed by atoms with Crippen molar-refractivity contribution in [1.29, 1.82) is 0 Å². The fourth-order valence-electron chi connectivity index (χ4n) is 2.76. The smallest absolute Gasteiger partial charge is 0.226 e. The van der Waals surface area contributed by atoms with Crippen molar-refractivity contribution in [2.45, 2.75) is 56.0 Å². The standard InChI is InChI=1S/C18H21N5OS/c1-2-6-16-19-15(22-24-16)12-25-18-21-20-17(14-9-10-14)23(18)11-13-7-4-3-5-8-13/h3-5,7-8,14H,2,6,9-12H2,1H3. The summed E-state index contributed by atoms with van der Waals surface area (Å²) in [5, 5.41) is 13.8. The van der Waals surface area contributed by atoms with Crippen LogP contribution in [0.4, 0.5) is 0 Å². The summed E-state index contributed by atoms with van der Waals surface area (Å²) in [6, 6.07) is 10.5. The molecule has 1 fully saturated rings. The Morgan fingerprint density at radius 2 is 2.04 bits per heavy atom. The van der Waals surface area contributed by atoms with E-state index in [9.17, 15) is 0 Å². The summed E-state index contributed by atoms with van der Waals surface area (Å²) in [5.41, 5.74) is 1.26. The van der Waals surface area contributed by atoms with Crippen LogP contribution in [0.2, 0.25) is 0 Å². The Bertz CT molecular complexity index is 825. The van der Waals surface area contributed by atoms with Crippen LogP contribution in [0, 0.1) is 0 Å². The minimum absolute atomic E-state index is 0.562. The normalized spacial score (nSPS) is 14.1. The molecule has 0 atom stereocenters. The van der Waals surface area contributed by atoms with E-state index in [1.54, 1.807) is 11.8 Å². The van der Waals surface area contributed by atoms with Gasteiger partial charge < -0.3 is 9.09 Å². The lowest BCUT2D eigenvalue weighted by atomic mass is 10.2.